The van der Waals surface area contributed by atoms with E-state index >= 15 is 0 Å². The molecule has 13 heavy (non-hydrogen) atoms. The van der Waals surface area contributed by atoms with Gasteiger partial charge in [0.25, 0.3) is 0 Å². The molecule has 0 aromatic heterocycles. The van der Waals surface area contributed by atoms with E-state index in [1.165, 1.54) is 32.1 Å². The van der Waals surface area contributed by atoms with Gasteiger partial charge in [-0.15, -0.1) is 0 Å². The lowest BCUT2D eigenvalue weighted by Crippen LogP contribution is -2.26. The number of hydrogen-bond donors (Lipinski definition) is 1. The molecule has 1 N–H and O–H groups in total. The Hall–Kier alpha value is -0.0400. The smallest absolute Gasteiger partial charge is 0.0487 e. The molecule has 2 aliphatic rings. The molecule has 0 aliphatic heterocycles. The van der Waals surface area contributed by atoms with Crippen molar-refractivity contribution in [2.45, 2.75) is 46.0 Å². The maximum Gasteiger partial charge on any atom is 0.0487 e. The molecule has 0 saturated heterocycles. The van der Waals surface area contributed by atoms with Crippen LogP contribution in [0.4, 0.5) is 0 Å². The molecule has 0 radical (unpaired) electrons. The molecule has 1 nitrogen and oxygen atoms in total. The Morgan fingerprint density at radius 2 is 2.00 bits per heavy atom. The molecule has 0 aromatic carbocycles. The van der Waals surface area contributed by atoms with Gasteiger partial charge < -0.3 is 5.11 Å². The van der Waals surface area contributed by atoms with Crippen LogP contribution in [-0.4, -0.2) is 11.7 Å². The molecule has 0 spiro atoms. The Labute approximate surface area is 81.5 Å². The van der Waals surface area contributed by atoms with Gasteiger partial charge in [-0.25, -0.2) is 0 Å². The Morgan fingerprint density at radius 1 is 1.38 bits per heavy atom. The zero-order valence-corrected chi connectivity index (χ0v) is 8.92. The lowest BCUT2D eigenvalue weighted by molar-refractivity contribution is 0.0903. The first-order valence-corrected chi connectivity index (χ1v) is 5.80. The third-order valence-electron chi connectivity index (χ3n) is 4.27. The quantitative estimate of drug-likeness (QED) is 0.709. The first-order valence-electron chi connectivity index (χ1n) is 5.80. The Kier molecular flexibility index (Phi) is 2.39. The summed E-state index contributed by atoms with van der Waals surface area (Å²) >= 11 is 0. The third kappa shape index (κ3) is 1.76. The standard InChI is InChI=1S/C12H22O/c1-3-9(2)5-12(8-13)6-10-4-11(10)7-12/h9-11,13H,3-8H2,1-2H3. The molecule has 3 unspecified atom stereocenters. The van der Waals surface area contributed by atoms with Crippen LogP contribution in [0.2, 0.25) is 0 Å². The van der Waals surface area contributed by atoms with Crippen molar-refractivity contribution in [3.05, 3.63) is 0 Å². The van der Waals surface area contributed by atoms with Gasteiger partial charge in [-0.3, -0.25) is 0 Å². The highest BCUT2D eigenvalue weighted by Gasteiger charge is 2.53. The summed E-state index contributed by atoms with van der Waals surface area (Å²) in [4.78, 5) is 0. The lowest BCUT2D eigenvalue weighted by atomic mass is 9.76. The van der Waals surface area contributed by atoms with Crippen molar-refractivity contribution in [1.82, 2.24) is 0 Å². The topological polar surface area (TPSA) is 20.2 Å². The first-order chi connectivity index (χ1) is 6.19. The summed E-state index contributed by atoms with van der Waals surface area (Å²) in [6.07, 6.45) is 6.61. The SMILES string of the molecule is CCC(C)CC1(CO)CC2CC2C1. The Bertz CT molecular complexity index is 178. The first kappa shape index (κ1) is 9.51. The average Bonchev–Trinajstić information content (AvgIpc) is 2.75. The summed E-state index contributed by atoms with van der Waals surface area (Å²) in [5.74, 6) is 2.79. The van der Waals surface area contributed by atoms with Crippen LogP contribution in [0, 0.1) is 23.2 Å². The molecule has 0 aromatic rings. The fraction of sp³-hybridized carbons (Fsp3) is 1.00. The van der Waals surface area contributed by atoms with Crippen molar-refractivity contribution in [1.29, 1.82) is 0 Å². The van der Waals surface area contributed by atoms with Gasteiger partial charge in [-0.2, -0.15) is 0 Å². The van der Waals surface area contributed by atoms with Gasteiger partial charge in [0, 0.05) is 6.61 Å². The van der Waals surface area contributed by atoms with Crippen LogP contribution >= 0.6 is 0 Å². The van der Waals surface area contributed by atoms with E-state index in [-0.39, 0.29) is 0 Å². The van der Waals surface area contributed by atoms with E-state index in [1.807, 2.05) is 0 Å². The van der Waals surface area contributed by atoms with Gasteiger partial charge >= 0.3 is 0 Å². The van der Waals surface area contributed by atoms with Gasteiger partial charge in [0.15, 0.2) is 0 Å². The average molecular weight is 182 g/mol. The van der Waals surface area contributed by atoms with Crippen LogP contribution in [0.15, 0.2) is 0 Å². The molecule has 76 valence electrons. The fourth-order valence-electron chi connectivity index (χ4n) is 3.25. The van der Waals surface area contributed by atoms with E-state index < -0.39 is 0 Å². The second-order valence-electron chi connectivity index (χ2n) is 5.54. The van der Waals surface area contributed by atoms with Crippen LogP contribution in [0.1, 0.15) is 46.0 Å². The minimum Gasteiger partial charge on any atom is -0.396 e. The summed E-state index contributed by atoms with van der Waals surface area (Å²) in [6, 6.07) is 0. The molecule has 0 heterocycles. The number of aliphatic hydroxyl groups excluding tert-OH is 1. The minimum atomic E-state index is 0.336. The normalized spacial score (nSPS) is 44.5. The minimum absolute atomic E-state index is 0.336. The van der Waals surface area contributed by atoms with Crippen LogP contribution in [0.3, 0.4) is 0 Å². The zero-order chi connectivity index (χ0) is 9.47. The molecule has 2 fully saturated rings. The van der Waals surface area contributed by atoms with E-state index in [1.54, 1.807) is 0 Å². The Morgan fingerprint density at radius 3 is 2.46 bits per heavy atom. The van der Waals surface area contributed by atoms with Crippen LogP contribution in [0.5, 0.6) is 0 Å². The third-order valence-corrected chi connectivity index (χ3v) is 4.27. The van der Waals surface area contributed by atoms with E-state index in [9.17, 15) is 5.11 Å². The van der Waals surface area contributed by atoms with Crippen molar-refractivity contribution < 1.29 is 5.11 Å². The van der Waals surface area contributed by atoms with Gasteiger partial charge in [0.05, 0.1) is 0 Å². The van der Waals surface area contributed by atoms with Crippen molar-refractivity contribution in [2.75, 3.05) is 6.61 Å². The molecular weight excluding hydrogens is 160 g/mol. The largest absolute Gasteiger partial charge is 0.396 e. The van der Waals surface area contributed by atoms with Gasteiger partial charge in [-0.05, 0) is 48.9 Å². The highest BCUT2D eigenvalue weighted by molar-refractivity contribution is 5.03. The molecule has 0 bridgehead atoms. The lowest BCUT2D eigenvalue weighted by Gasteiger charge is -2.31. The van der Waals surface area contributed by atoms with E-state index in [0.717, 1.165) is 17.8 Å². The van der Waals surface area contributed by atoms with Crippen LogP contribution in [-0.2, 0) is 0 Å². The molecule has 2 rings (SSSR count). The second kappa shape index (κ2) is 3.27. The molecule has 0 amide bonds. The molecule has 3 atom stereocenters. The van der Waals surface area contributed by atoms with Crippen LogP contribution in [0.25, 0.3) is 0 Å². The number of aliphatic hydroxyl groups is 1. The molecular formula is C12H22O. The van der Waals surface area contributed by atoms with Gasteiger partial charge in [0.2, 0.25) is 0 Å². The summed E-state index contributed by atoms with van der Waals surface area (Å²) in [7, 11) is 0. The van der Waals surface area contributed by atoms with E-state index in [4.69, 9.17) is 0 Å². The summed E-state index contributed by atoms with van der Waals surface area (Å²) in [5, 5.41) is 9.50. The predicted molar refractivity (Wildman–Crippen MR) is 54.4 cm³/mol. The zero-order valence-electron chi connectivity index (χ0n) is 8.92. The van der Waals surface area contributed by atoms with Crippen molar-refractivity contribution in [3.63, 3.8) is 0 Å². The summed E-state index contributed by atoms with van der Waals surface area (Å²) in [5.41, 5.74) is 0.336. The maximum atomic E-state index is 9.50. The fourth-order valence-corrected chi connectivity index (χ4v) is 3.25. The highest BCUT2D eigenvalue weighted by atomic mass is 16.3. The summed E-state index contributed by atoms with van der Waals surface area (Å²) in [6.45, 7) is 5.01. The van der Waals surface area contributed by atoms with Gasteiger partial charge in [0.1, 0.15) is 0 Å². The molecule has 2 saturated carbocycles. The van der Waals surface area contributed by atoms with Gasteiger partial charge in [-0.1, -0.05) is 20.3 Å². The van der Waals surface area contributed by atoms with Crippen LogP contribution < -0.4 is 0 Å². The predicted octanol–water partition coefficient (Wildman–Crippen LogP) is 2.83. The van der Waals surface area contributed by atoms with Crippen molar-refractivity contribution in [3.8, 4) is 0 Å². The Balaban J connectivity index is 1.92. The van der Waals surface area contributed by atoms with E-state index in [0.29, 0.717) is 12.0 Å². The molecule has 1 heteroatoms. The molecule has 2 aliphatic carbocycles. The highest BCUT2D eigenvalue weighted by Crippen LogP contribution is 2.61. The van der Waals surface area contributed by atoms with Crippen molar-refractivity contribution >= 4 is 0 Å². The summed E-state index contributed by atoms with van der Waals surface area (Å²) < 4.78 is 0. The number of rotatable bonds is 4. The second-order valence-corrected chi connectivity index (χ2v) is 5.54. The monoisotopic (exact) mass is 182 g/mol. The van der Waals surface area contributed by atoms with E-state index in [2.05, 4.69) is 13.8 Å². The number of hydrogen-bond acceptors (Lipinski definition) is 1. The number of fused-ring (bicyclic) bond motifs is 1. The maximum absolute atomic E-state index is 9.50. The van der Waals surface area contributed by atoms with Crippen molar-refractivity contribution in [2.24, 2.45) is 23.2 Å².